The number of benzene rings is 2. The molecule has 0 bridgehead atoms. The van der Waals surface area contributed by atoms with E-state index in [4.69, 9.17) is 0 Å². The van der Waals surface area contributed by atoms with Crippen LogP contribution < -0.4 is 5.32 Å². The lowest BCUT2D eigenvalue weighted by Gasteiger charge is -2.21. The molecule has 0 aliphatic heterocycles. The molecule has 0 aliphatic carbocycles. The lowest BCUT2D eigenvalue weighted by atomic mass is 9.99. The Balaban J connectivity index is 1.85. The summed E-state index contributed by atoms with van der Waals surface area (Å²) < 4.78 is 0. The first-order valence-corrected chi connectivity index (χ1v) is 9.28. The summed E-state index contributed by atoms with van der Waals surface area (Å²) in [6.45, 7) is 1.79. The van der Waals surface area contributed by atoms with Crippen molar-refractivity contribution in [2.24, 2.45) is 5.92 Å². The number of amides is 2. The molecule has 28 heavy (non-hydrogen) atoms. The third-order valence-electron chi connectivity index (χ3n) is 4.51. The van der Waals surface area contributed by atoms with Crippen LogP contribution in [0.15, 0.2) is 60.7 Å². The first-order valence-electron chi connectivity index (χ1n) is 9.28. The van der Waals surface area contributed by atoms with Crippen LogP contribution in [0.4, 0.5) is 0 Å². The van der Waals surface area contributed by atoms with Gasteiger partial charge in [-0.2, -0.15) is 0 Å². The van der Waals surface area contributed by atoms with Crippen molar-refractivity contribution in [2.75, 3.05) is 19.6 Å². The SMILES string of the molecule is CC(=O)N(CCc1ccccc1)CC(=O)NCC(Cc1ccccc1)C(=O)O. The zero-order valence-electron chi connectivity index (χ0n) is 16.0. The molecule has 2 aromatic rings. The zero-order valence-corrected chi connectivity index (χ0v) is 16.0. The summed E-state index contributed by atoms with van der Waals surface area (Å²) in [5.41, 5.74) is 1.99. The van der Waals surface area contributed by atoms with Crippen molar-refractivity contribution in [2.45, 2.75) is 19.8 Å². The largest absolute Gasteiger partial charge is 0.481 e. The third-order valence-corrected chi connectivity index (χ3v) is 4.51. The van der Waals surface area contributed by atoms with Gasteiger partial charge in [0.2, 0.25) is 11.8 Å². The van der Waals surface area contributed by atoms with Crippen molar-refractivity contribution in [1.82, 2.24) is 10.2 Å². The van der Waals surface area contributed by atoms with Crippen LogP contribution in [0, 0.1) is 5.92 Å². The van der Waals surface area contributed by atoms with E-state index in [1.54, 1.807) is 0 Å². The Morgan fingerprint density at radius 1 is 0.964 bits per heavy atom. The summed E-state index contributed by atoms with van der Waals surface area (Å²) in [5, 5.41) is 12.1. The topological polar surface area (TPSA) is 86.7 Å². The molecule has 0 aliphatic rings. The second kappa shape index (κ2) is 10.9. The number of hydrogen-bond acceptors (Lipinski definition) is 3. The molecule has 0 fully saturated rings. The highest BCUT2D eigenvalue weighted by atomic mass is 16.4. The van der Waals surface area contributed by atoms with Gasteiger partial charge in [0.15, 0.2) is 0 Å². The van der Waals surface area contributed by atoms with E-state index in [0.29, 0.717) is 19.4 Å². The van der Waals surface area contributed by atoms with Gasteiger partial charge in [0.25, 0.3) is 0 Å². The highest BCUT2D eigenvalue weighted by Gasteiger charge is 2.20. The van der Waals surface area contributed by atoms with E-state index in [2.05, 4.69) is 5.32 Å². The van der Waals surface area contributed by atoms with Crippen molar-refractivity contribution in [3.05, 3.63) is 71.8 Å². The first-order chi connectivity index (χ1) is 13.5. The van der Waals surface area contributed by atoms with Gasteiger partial charge in [0, 0.05) is 20.0 Å². The van der Waals surface area contributed by atoms with Crippen molar-refractivity contribution >= 4 is 17.8 Å². The number of carboxylic acid groups (broad SMARTS) is 1. The Bertz CT molecular complexity index is 778. The van der Waals surface area contributed by atoms with Crippen molar-refractivity contribution in [3.63, 3.8) is 0 Å². The highest BCUT2D eigenvalue weighted by Crippen LogP contribution is 2.08. The summed E-state index contributed by atoms with van der Waals surface area (Å²) in [6.07, 6.45) is 0.986. The fraction of sp³-hybridized carbons (Fsp3) is 0.318. The fourth-order valence-corrected chi connectivity index (χ4v) is 2.87. The minimum absolute atomic E-state index is 0.0213. The molecule has 0 saturated carbocycles. The highest BCUT2D eigenvalue weighted by molar-refractivity contribution is 5.84. The molecule has 2 aromatic carbocycles. The van der Waals surface area contributed by atoms with E-state index in [1.807, 2.05) is 60.7 Å². The van der Waals surface area contributed by atoms with Crippen LogP contribution in [0.3, 0.4) is 0 Å². The van der Waals surface area contributed by atoms with E-state index in [9.17, 15) is 19.5 Å². The number of carboxylic acids is 1. The maximum absolute atomic E-state index is 12.3. The van der Waals surface area contributed by atoms with Gasteiger partial charge in [-0.05, 0) is 24.0 Å². The molecular weight excluding hydrogens is 356 g/mol. The van der Waals surface area contributed by atoms with E-state index < -0.39 is 11.9 Å². The second-order valence-electron chi connectivity index (χ2n) is 6.71. The minimum Gasteiger partial charge on any atom is -0.481 e. The maximum atomic E-state index is 12.3. The van der Waals surface area contributed by atoms with Crippen LogP contribution in [0.25, 0.3) is 0 Å². The van der Waals surface area contributed by atoms with Gasteiger partial charge in [-0.3, -0.25) is 14.4 Å². The van der Waals surface area contributed by atoms with Crippen molar-refractivity contribution < 1.29 is 19.5 Å². The monoisotopic (exact) mass is 382 g/mol. The molecule has 6 heteroatoms. The Hall–Kier alpha value is -3.15. The zero-order chi connectivity index (χ0) is 20.4. The molecule has 2 N–H and O–H groups in total. The molecule has 0 saturated heterocycles. The molecule has 2 amide bonds. The van der Waals surface area contributed by atoms with E-state index in [0.717, 1.165) is 11.1 Å². The summed E-state index contributed by atoms with van der Waals surface area (Å²) in [5.74, 6) is -2.23. The van der Waals surface area contributed by atoms with Gasteiger partial charge in [0.05, 0.1) is 12.5 Å². The molecule has 0 spiro atoms. The van der Waals surface area contributed by atoms with Gasteiger partial charge >= 0.3 is 5.97 Å². The number of rotatable bonds is 10. The standard InChI is InChI=1S/C22H26N2O4/c1-17(25)24(13-12-18-8-4-2-5-9-18)16-21(26)23-15-20(22(27)28)14-19-10-6-3-7-11-19/h2-11,20H,12-16H2,1H3,(H,23,26)(H,27,28). The van der Waals surface area contributed by atoms with Crippen LogP contribution in [0.1, 0.15) is 18.1 Å². The number of nitrogens with zero attached hydrogens (tertiary/aromatic N) is 1. The molecule has 1 unspecified atom stereocenters. The summed E-state index contributed by atoms with van der Waals surface area (Å²) in [7, 11) is 0. The van der Waals surface area contributed by atoms with E-state index >= 15 is 0 Å². The van der Waals surface area contributed by atoms with Crippen LogP contribution >= 0.6 is 0 Å². The number of carbonyl (C=O) groups is 3. The Labute approximate surface area is 165 Å². The first kappa shape index (κ1) is 21.2. The van der Waals surface area contributed by atoms with Crippen molar-refractivity contribution in [3.8, 4) is 0 Å². The molecular formula is C22H26N2O4. The molecule has 2 rings (SSSR count). The Morgan fingerprint density at radius 2 is 1.54 bits per heavy atom. The smallest absolute Gasteiger partial charge is 0.308 e. The van der Waals surface area contributed by atoms with Crippen LogP contribution in [0.2, 0.25) is 0 Å². The van der Waals surface area contributed by atoms with E-state index in [-0.39, 0.29) is 24.9 Å². The van der Waals surface area contributed by atoms with Crippen LogP contribution in [-0.4, -0.2) is 47.4 Å². The molecule has 1 atom stereocenters. The third kappa shape index (κ3) is 7.23. The number of carbonyl (C=O) groups excluding carboxylic acids is 2. The lowest BCUT2D eigenvalue weighted by molar-refractivity contribution is -0.142. The predicted octanol–water partition coefficient (Wildman–Crippen LogP) is 2.14. The van der Waals surface area contributed by atoms with Gasteiger partial charge in [-0.25, -0.2) is 0 Å². The second-order valence-corrected chi connectivity index (χ2v) is 6.71. The lowest BCUT2D eigenvalue weighted by Crippen LogP contribution is -2.43. The average Bonchev–Trinajstić information content (AvgIpc) is 2.69. The molecule has 6 nitrogen and oxygen atoms in total. The number of nitrogens with one attached hydrogen (secondary N) is 1. The Kier molecular flexibility index (Phi) is 8.21. The van der Waals surface area contributed by atoms with Gasteiger partial charge < -0.3 is 15.3 Å². The molecule has 0 radical (unpaired) electrons. The predicted molar refractivity (Wildman–Crippen MR) is 107 cm³/mol. The van der Waals surface area contributed by atoms with Gasteiger partial charge in [0.1, 0.15) is 0 Å². The molecule has 148 valence electrons. The average molecular weight is 382 g/mol. The number of aliphatic carboxylic acids is 1. The molecule has 0 heterocycles. The van der Waals surface area contributed by atoms with Crippen LogP contribution in [0.5, 0.6) is 0 Å². The number of hydrogen-bond donors (Lipinski definition) is 2. The summed E-state index contributed by atoms with van der Waals surface area (Å²) in [6, 6.07) is 19.0. The minimum atomic E-state index is -0.961. The van der Waals surface area contributed by atoms with Crippen LogP contribution in [-0.2, 0) is 27.2 Å². The molecule has 0 aromatic heterocycles. The normalized spacial score (nSPS) is 11.5. The maximum Gasteiger partial charge on any atom is 0.308 e. The fourth-order valence-electron chi connectivity index (χ4n) is 2.87. The summed E-state index contributed by atoms with van der Waals surface area (Å²) in [4.78, 5) is 37.0. The van der Waals surface area contributed by atoms with Gasteiger partial charge in [-0.15, -0.1) is 0 Å². The van der Waals surface area contributed by atoms with Crippen molar-refractivity contribution in [1.29, 1.82) is 0 Å². The van der Waals surface area contributed by atoms with E-state index in [1.165, 1.54) is 11.8 Å². The quantitative estimate of drug-likeness (QED) is 0.659. The van der Waals surface area contributed by atoms with Gasteiger partial charge in [-0.1, -0.05) is 60.7 Å². The summed E-state index contributed by atoms with van der Waals surface area (Å²) >= 11 is 0. The Morgan fingerprint density at radius 3 is 2.07 bits per heavy atom.